The van der Waals surface area contributed by atoms with Gasteiger partial charge in [-0.15, -0.1) is 0 Å². The van der Waals surface area contributed by atoms with Crippen molar-refractivity contribution in [3.8, 4) is 0 Å². The molecule has 0 saturated carbocycles. The summed E-state index contributed by atoms with van der Waals surface area (Å²) in [6.07, 6.45) is 0.783. The van der Waals surface area contributed by atoms with Crippen molar-refractivity contribution in [3.05, 3.63) is 0 Å². The van der Waals surface area contributed by atoms with Crippen molar-refractivity contribution in [1.82, 2.24) is 10.2 Å². The summed E-state index contributed by atoms with van der Waals surface area (Å²) in [4.78, 5) is 23.3. The molecule has 12 heavy (non-hydrogen) atoms. The summed E-state index contributed by atoms with van der Waals surface area (Å²) in [6.45, 7) is 1.19. The highest BCUT2D eigenvalue weighted by molar-refractivity contribution is 6.01. The summed E-state index contributed by atoms with van der Waals surface area (Å²) < 4.78 is 0. The number of likely N-dealkylation sites (N-methyl/N-ethyl adjacent to an activating group) is 1. The predicted octanol–water partition coefficient (Wildman–Crippen LogP) is -1.83. The van der Waals surface area contributed by atoms with Crippen LogP contribution in [0.3, 0.4) is 0 Å². The second-order valence-electron chi connectivity index (χ2n) is 2.54. The number of nitrogens with one attached hydrogen (secondary N) is 1. The molecule has 0 atom stereocenters. The lowest BCUT2D eigenvalue weighted by atomic mass is 10.4. The van der Waals surface area contributed by atoms with Gasteiger partial charge in [-0.25, -0.2) is 0 Å². The monoisotopic (exact) mass is 186 g/mol. The minimum absolute atomic E-state index is 0. The van der Waals surface area contributed by atoms with E-state index in [1.165, 1.54) is 4.90 Å². The van der Waals surface area contributed by atoms with Gasteiger partial charge in [-0.2, -0.15) is 0 Å². The molecule has 5 heteroatoms. The standard InChI is InChI=1S/C7H12N2O2.Al.3H/c1-8-4-5-9-6(10)2-3-7(9)11;;;;/h8H,2-5H2,1H3;;;;. The molecular weight excluding hydrogens is 171 g/mol. The third kappa shape index (κ3) is 2.59. The molecular formula is C7H15AlN2O2. The van der Waals surface area contributed by atoms with Gasteiger partial charge < -0.3 is 5.32 Å². The predicted molar refractivity (Wildman–Crippen MR) is 49.8 cm³/mol. The molecule has 0 aromatic heterocycles. The lowest BCUT2D eigenvalue weighted by molar-refractivity contribution is -0.138. The first-order valence-electron chi connectivity index (χ1n) is 3.73. The molecule has 1 fully saturated rings. The number of carbonyl (C=O) groups is 2. The van der Waals surface area contributed by atoms with Gasteiger partial charge in [-0.1, -0.05) is 0 Å². The van der Waals surface area contributed by atoms with Gasteiger partial charge in [-0.05, 0) is 7.05 Å². The molecule has 0 spiro atoms. The summed E-state index contributed by atoms with van der Waals surface area (Å²) in [5.41, 5.74) is 0. The van der Waals surface area contributed by atoms with Crippen LogP contribution in [0.15, 0.2) is 0 Å². The molecule has 0 aromatic rings. The highest BCUT2D eigenvalue weighted by atomic mass is 27.0. The van der Waals surface area contributed by atoms with Crippen LogP contribution in [-0.2, 0) is 9.59 Å². The molecule has 1 rings (SSSR count). The fourth-order valence-electron chi connectivity index (χ4n) is 1.10. The number of nitrogens with zero attached hydrogens (tertiary/aromatic N) is 1. The number of rotatable bonds is 3. The minimum Gasteiger partial charge on any atom is -0.318 e. The van der Waals surface area contributed by atoms with E-state index in [1.807, 2.05) is 0 Å². The van der Waals surface area contributed by atoms with Crippen LogP contribution in [0.1, 0.15) is 12.8 Å². The molecule has 2 amide bonds. The van der Waals surface area contributed by atoms with E-state index in [0.717, 1.165) is 0 Å². The van der Waals surface area contributed by atoms with Crippen LogP contribution in [0, 0.1) is 0 Å². The average Bonchev–Trinajstić information content (AvgIpc) is 2.29. The van der Waals surface area contributed by atoms with Crippen molar-refractivity contribution in [2.75, 3.05) is 20.1 Å². The first kappa shape index (κ1) is 11.6. The van der Waals surface area contributed by atoms with Gasteiger partial charge in [0.05, 0.1) is 0 Å². The van der Waals surface area contributed by atoms with Crippen molar-refractivity contribution in [2.45, 2.75) is 12.8 Å². The Balaban J connectivity index is 0.00000121. The van der Waals surface area contributed by atoms with Crippen LogP contribution in [0.25, 0.3) is 0 Å². The van der Waals surface area contributed by atoms with Gasteiger partial charge in [0.25, 0.3) is 0 Å². The van der Waals surface area contributed by atoms with Crippen molar-refractivity contribution < 1.29 is 9.59 Å². The van der Waals surface area contributed by atoms with E-state index in [0.29, 0.717) is 25.9 Å². The van der Waals surface area contributed by atoms with E-state index >= 15 is 0 Å². The molecule has 1 saturated heterocycles. The number of imide groups is 1. The van der Waals surface area contributed by atoms with Crippen molar-refractivity contribution in [2.24, 2.45) is 0 Å². The van der Waals surface area contributed by atoms with Crippen molar-refractivity contribution in [3.63, 3.8) is 0 Å². The van der Waals surface area contributed by atoms with Crippen LogP contribution < -0.4 is 5.32 Å². The lowest BCUT2D eigenvalue weighted by Crippen LogP contribution is -2.34. The third-order valence-electron chi connectivity index (χ3n) is 1.74. The smallest absolute Gasteiger partial charge is 0.229 e. The molecule has 68 valence electrons. The summed E-state index contributed by atoms with van der Waals surface area (Å²) in [5.74, 6) is -0.0736. The maximum absolute atomic E-state index is 11.0. The normalized spacial score (nSPS) is 16.6. The lowest BCUT2D eigenvalue weighted by Gasteiger charge is -2.12. The Hall–Kier alpha value is -0.368. The number of hydrogen-bond donors (Lipinski definition) is 1. The van der Waals surface area contributed by atoms with Crippen molar-refractivity contribution in [1.29, 1.82) is 0 Å². The Morgan fingerprint density at radius 1 is 1.33 bits per heavy atom. The van der Waals surface area contributed by atoms with Crippen LogP contribution in [-0.4, -0.2) is 54.2 Å². The largest absolute Gasteiger partial charge is 0.318 e. The van der Waals surface area contributed by atoms with E-state index in [9.17, 15) is 9.59 Å². The molecule has 0 aromatic carbocycles. The second kappa shape index (κ2) is 5.31. The summed E-state index contributed by atoms with van der Waals surface area (Å²) in [5, 5.41) is 2.89. The Bertz CT molecular complexity index is 168. The topological polar surface area (TPSA) is 49.4 Å². The number of carbonyl (C=O) groups excluding carboxylic acids is 2. The SMILES string of the molecule is CNCCN1C(=O)CCC1=O.[AlH3]. The maximum Gasteiger partial charge on any atom is 0.229 e. The molecule has 4 nitrogen and oxygen atoms in total. The van der Waals surface area contributed by atoms with Gasteiger partial charge >= 0.3 is 0 Å². The zero-order valence-corrected chi connectivity index (χ0v) is 6.59. The first-order chi connectivity index (χ1) is 5.25. The molecule has 0 bridgehead atoms. The highest BCUT2D eigenvalue weighted by Gasteiger charge is 2.27. The first-order valence-corrected chi connectivity index (χ1v) is 3.73. The van der Waals surface area contributed by atoms with Gasteiger partial charge in [0.1, 0.15) is 0 Å². The molecule has 0 unspecified atom stereocenters. The summed E-state index contributed by atoms with van der Waals surface area (Å²) >= 11 is 0. The molecule has 0 aliphatic carbocycles. The molecule has 0 radical (unpaired) electrons. The molecule has 1 aliphatic rings. The highest BCUT2D eigenvalue weighted by Crippen LogP contribution is 2.09. The van der Waals surface area contributed by atoms with Gasteiger partial charge in [-0.3, -0.25) is 14.5 Å². The average molecular weight is 186 g/mol. The van der Waals surface area contributed by atoms with Gasteiger partial charge in [0.15, 0.2) is 17.4 Å². The van der Waals surface area contributed by atoms with Crippen LogP contribution in [0.2, 0.25) is 0 Å². The Labute approximate surface area is 82.4 Å². The number of hydrogen-bond acceptors (Lipinski definition) is 3. The fraction of sp³-hybridized carbons (Fsp3) is 0.714. The molecule has 1 heterocycles. The quantitative estimate of drug-likeness (QED) is 0.416. The van der Waals surface area contributed by atoms with Gasteiger partial charge in [0, 0.05) is 25.9 Å². The molecule has 1 aliphatic heterocycles. The second-order valence-corrected chi connectivity index (χ2v) is 2.54. The van der Waals surface area contributed by atoms with Crippen LogP contribution in [0.5, 0.6) is 0 Å². The zero-order valence-electron chi connectivity index (χ0n) is 6.59. The fourth-order valence-corrected chi connectivity index (χ4v) is 1.10. The minimum atomic E-state index is -0.0368. The van der Waals surface area contributed by atoms with E-state index in [2.05, 4.69) is 5.32 Å². The Morgan fingerprint density at radius 3 is 2.25 bits per heavy atom. The number of amides is 2. The van der Waals surface area contributed by atoms with E-state index in [4.69, 9.17) is 0 Å². The molecule has 1 N–H and O–H groups in total. The third-order valence-corrected chi connectivity index (χ3v) is 1.74. The number of likely N-dealkylation sites (tertiary alicyclic amines) is 1. The van der Waals surface area contributed by atoms with E-state index in [1.54, 1.807) is 7.05 Å². The zero-order chi connectivity index (χ0) is 8.27. The van der Waals surface area contributed by atoms with E-state index in [-0.39, 0.29) is 29.2 Å². The Morgan fingerprint density at radius 2 is 1.83 bits per heavy atom. The maximum atomic E-state index is 11.0. The van der Waals surface area contributed by atoms with Crippen LogP contribution in [0.4, 0.5) is 0 Å². The summed E-state index contributed by atoms with van der Waals surface area (Å²) in [7, 11) is 1.80. The van der Waals surface area contributed by atoms with E-state index < -0.39 is 0 Å². The summed E-state index contributed by atoms with van der Waals surface area (Å²) in [6, 6.07) is 0. The van der Waals surface area contributed by atoms with Crippen LogP contribution >= 0.6 is 0 Å². The Kier molecular flexibility index (Phi) is 5.15. The van der Waals surface area contributed by atoms with Gasteiger partial charge in [0.2, 0.25) is 11.8 Å². The van der Waals surface area contributed by atoms with Crippen molar-refractivity contribution >= 4 is 29.2 Å².